The molecule has 1 aromatic heterocycles. The van der Waals surface area contributed by atoms with Gasteiger partial charge in [-0.3, -0.25) is 14.8 Å². The quantitative estimate of drug-likeness (QED) is 0.290. The maximum atomic E-state index is 13.0. The van der Waals surface area contributed by atoms with Crippen molar-refractivity contribution in [1.29, 1.82) is 0 Å². The number of anilines is 2. The van der Waals surface area contributed by atoms with Gasteiger partial charge in [0, 0.05) is 5.56 Å². The SMILES string of the molecule is CCOc1cc(C(=O)NC(=S)Nc2ccccc2NS(=O)(=O)c2cccs2)cc(OCC)c1OCC. The van der Waals surface area contributed by atoms with Crippen molar-refractivity contribution in [2.24, 2.45) is 0 Å². The number of hydrogen-bond acceptors (Lipinski definition) is 8. The Morgan fingerprint density at radius 2 is 1.53 bits per heavy atom. The molecule has 1 amide bonds. The number of para-hydroxylation sites is 2. The Balaban J connectivity index is 1.78. The lowest BCUT2D eigenvalue weighted by atomic mass is 10.1. The number of thiocarbonyl (C=S) groups is 1. The average molecular weight is 550 g/mol. The van der Waals surface area contributed by atoms with Crippen molar-refractivity contribution >= 4 is 56.0 Å². The third-order valence-electron chi connectivity index (χ3n) is 4.58. The van der Waals surface area contributed by atoms with Gasteiger partial charge in [0.25, 0.3) is 15.9 Å². The molecular formula is C24H27N3O6S3. The van der Waals surface area contributed by atoms with E-state index < -0.39 is 15.9 Å². The van der Waals surface area contributed by atoms with Crippen molar-refractivity contribution in [3.63, 3.8) is 0 Å². The standard InChI is InChI=1S/C24H27N3O6S3/c1-4-31-19-14-16(15-20(32-5-2)22(19)33-6-3)23(28)26-24(34)25-17-10-7-8-11-18(17)27-36(29,30)21-12-9-13-35-21/h7-15,27H,4-6H2,1-3H3,(H2,25,26,28,34). The van der Waals surface area contributed by atoms with Crippen LogP contribution in [0.5, 0.6) is 17.2 Å². The number of carbonyl (C=O) groups is 1. The fraction of sp³-hybridized carbons (Fsp3) is 0.250. The van der Waals surface area contributed by atoms with Gasteiger partial charge in [-0.05, 0) is 68.7 Å². The lowest BCUT2D eigenvalue weighted by Gasteiger charge is -2.18. The monoisotopic (exact) mass is 549 g/mol. The van der Waals surface area contributed by atoms with Crippen LogP contribution >= 0.6 is 23.6 Å². The Hall–Kier alpha value is -3.35. The zero-order valence-electron chi connectivity index (χ0n) is 20.0. The summed E-state index contributed by atoms with van der Waals surface area (Å²) in [5, 5.41) is 7.14. The molecule has 0 saturated heterocycles. The molecule has 0 aliphatic heterocycles. The van der Waals surface area contributed by atoms with E-state index >= 15 is 0 Å². The molecule has 0 saturated carbocycles. The molecule has 36 heavy (non-hydrogen) atoms. The summed E-state index contributed by atoms with van der Waals surface area (Å²) in [7, 11) is -3.77. The summed E-state index contributed by atoms with van der Waals surface area (Å²) in [5.74, 6) is 0.671. The molecular weight excluding hydrogens is 522 g/mol. The molecule has 0 radical (unpaired) electrons. The van der Waals surface area contributed by atoms with Gasteiger partial charge in [0.05, 0.1) is 31.2 Å². The second-order valence-electron chi connectivity index (χ2n) is 7.09. The van der Waals surface area contributed by atoms with Crippen molar-refractivity contribution in [1.82, 2.24) is 5.32 Å². The molecule has 0 fully saturated rings. The van der Waals surface area contributed by atoms with Crippen LogP contribution in [0.3, 0.4) is 0 Å². The molecule has 192 valence electrons. The fourth-order valence-corrected chi connectivity index (χ4v) is 5.42. The van der Waals surface area contributed by atoms with E-state index in [1.54, 1.807) is 47.8 Å². The summed E-state index contributed by atoms with van der Waals surface area (Å²) < 4.78 is 45.0. The zero-order valence-corrected chi connectivity index (χ0v) is 22.4. The van der Waals surface area contributed by atoms with Crippen LogP contribution in [0.25, 0.3) is 0 Å². The van der Waals surface area contributed by atoms with Gasteiger partial charge >= 0.3 is 0 Å². The predicted octanol–water partition coefficient (Wildman–Crippen LogP) is 4.87. The van der Waals surface area contributed by atoms with E-state index in [2.05, 4.69) is 15.4 Å². The van der Waals surface area contributed by atoms with Gasteiger partial charge < -0.3 is 19.5 Å². The maximum absolute atomic E-state index is 13.0. The van der Waals surface area contributed by atoms with Crippen LogP contribution in [0.1, 0.15) is 31.1 Å². The minimum Gasteiger partial charge on any atom is -0.490 e. The molecule has 0 aliphatic rings. The third-order valence-corrected chi connectivity index (χ3v) is 7.54. The Labute approximate surface area is 219 Å². The van der Waals surface area contributed by atoms with Crippen molar-refractivity contribution in [3.8, 4) is 17.2 Å². The minimum atomic E-state index is -3.77. The van der Waals surface area contributed by atoms with Gasteiger partial charge in [0.1, 0.15) is 4.21 Å². The minimum absolute atomic E-state index is 0.0208. The van der Waals surface area contributed by atoms with Crippen molar-refractivity contribution < 1.29 is 27.4 Å². The largest absolute Gasteiger partial charge is 0.490 e. The van der Waals surface area contributed by atoms with Gasteiger partial charge in [-0.2, -0.15) is 0 Å². The van der Waals surface area contributed by atoms with E-state index in [4.69, 9.17) is 26.4 Å². The van der Waals surface area contributed by atoms with Crippen LogP contribution in [0, 0.1) is 0 Å². The molecule has 3 aromatic rings. The van der Waals surface area contributed by atoms with E-state index in [9.17, 15) is 13.2 Å². The van der Waals surface area contributed by atoms with Gasteiger partial charge in [-0.1, -0.05) is 18.2 Å². The highest BCUT2D eigenvalue weighted by molar-refractivity contribution is 7.94. The third kappa shape index (κ3) is 6.86. The molecule has 9 nitrogen and oxygen atoms in total. The summed E-state index contributed by atoms with van der Waals surface area (Å²) in [6.45, 7) is 6.63. The molecule has 0 aliphatic carbocycles. The molecule has 3 N–H and O–H groups in total. The number of rotatable bonds is 11. The lowest BCUT2D eigenvalue weighted by molar-refractivity contribution is 0.0976. The highest BCUT2D eigenvalue weighted by Gasteiger charge is 2.20. The van der Waals surface area contributed by atoms with Crippen LogP contribution in [-0.2, 0) is 10.0 Å². The van der Waals surface area contributed by atoms with Crippen LogP contribution in [-0.4, -0.2) is 39.3 Å². The second kappa shape index (κ2) is 12.6. The summed E-state index contributed by atoms with van der Waals surface area (Å²) in [6, 6.07) is 12.9. The Bertz CT molecular complexity index is 1280. The first-order chi connectivity index (χ1) is 17.3. The van der Waals surface area contributed by atoms with E-state index in [0.29, 0.717) is 42.8 Å². The van der Waals surface area contributed by atoms with Gasteiger partial charge in [0.15, 0.2) is 16.6 Å². The van der Waals surface area contributed by atoms with Crippen molar-refractivity contribution in [2.45, 2.75) is 25.0 Å². The summed E-state index contributed by atoms with van der Waals surface area (Å²) in [5.41, 5.74) is 0.904. The van der Waals surface area contributed by atoms with E-state index in [1.165, 1.54) is 6.07 Å². The molecule has 2 aromatic carbocycles. The highest BCUT2D eigenvalue weighted by Crippen LogP contribution is 2.39. The number of sulfonamides is 1. The predicted molar refractivity (Wildman–Crippen MR) is 145 cm³/mol. The lowest BCUT2D eigenvalue weighted by Crippen LogP contribution is -2.34. The van der Waals surface area contributed by atoms with E-state index in [1.807, 2.05) is 20.8 Å². The highest BCUT2D eigenvalue weighted by atomic mass is 32.2. The van der Waals surface area contributed by atoms with Gasteiger partial charge in [-0.25, -0.2) is 8.42 Å². The fourth-order valence-electron chi connectivity index (χ4n) is 3.14. The number of amides is 1. The molecule has 0 unspecified atom stereocenters. The average Bonchev–Trinajstić information content (AvgIpc) is 3.38. The first-order valence-corrected chi connectivity index (χ1v) is 13.9. The maximum Gasteiger partial charge on any atom is 0.271 e. The number of benzene rings is 2. The Kier molecular flexibility index (Phi) is 9.51. The molecule has 0 atom stereocenters. The molecule has 1 heterocycles. The van der Waals surface area contributed by atoms with Gasteiger partial charge in [-0.15, -0.1) is 11.3 Å². The molecule has 3 rings (SSSR count). The Morgan fingerprint density at radius 1 is 0.917 bits per heavy atom. The summed E-state index contributed by atoms with van der Waals surface area (Å²) in [4.78, 5) is 13.0. The smallest absolute Gasteiger partial charge is 0.271 e. The number of hydrogen-bond donors (Lipinski definition) is 3. The normalized spacial score (nSPS) is 10.9. The summed E-state index contributed by atoms with van der Waals surface area (Å²) in [6.07, 6.45) is 0. The van der Waals surface area contributed by atoms with Crippen LogP contribution in [0.2, 0.25) is 0 Å². The topological polar surface area (TPSA) is 115 Å². The van der Waals surface area contributed by atoms with Crippen LogP contribution < -0.4 is 29.6 Å². The first-order valence-electron chi connectivity index (χ1n) is 11.1. The molecule has 0 bridgehead atoms. The summed E-state index contributed by atoms with van der Waals surface area (Å²) >= 11 is 6.43. The zero-order chi connectivity index (χ0) is 26.1. The molecule has 12 heteroatoms. The van der Waals surface area contributed by atoms with E-state index in [-0.39, 0.29) is 20.6 Å². The van der Waals surface area contributed by atoms with Crippen LogP contribution in [0.15, 0.2) is 58.1 Å². The van der Waals surface area contributed by atoms with Gasteiger partial charge in [0.2, 0.25) is 5.75 Å². The van der Waals surface area contributed by atoms with E-state index in [0.717, 1.165) is 11.3 Å². The Morgan fingerprint density at radius 3 is 2.08 bits per heavy atom. The number of thiophene rings is 1. The van der Waals surface area contributed by atoms with Crippen molar-refractivity contribution in [3.05, 3.63) is 59.5 Å². The van der Waals surface area contributed by atoms with Crippen molar-refractivity contribution in [2.75, 3.05) is 29.9 Å². The first kappa shape index (κ1) is 27.2. The second-order valence-corrected chi connectivity index (χ2v) is 10.4. The number of ether oxygens (including phenoxy) is 3. The molecule has 0 spiro atoms. The number of nitrogens with one attached hydrogen (secondary N) is 3. The number of carbonyl (C=O) groups excluding carboxylic acids is 1. The van der Waals surface area contributed by atoms with Crippen LogP contribution in [0.4, 0.5) is 11.4 Å².